The first-order chi connectivity index (χ1) is 14.2. The van der Waals surface area contributed by atoms with E-state index in [1.54, 1.807) is 6.07 Å². The van der Waals surface area contributed by atoms with E-state index in [0.29, 0.717) is 24.7 Å². The summed E-state index contributed by atoms with van der Waals surface area (Å²) >= 11 is 0. The van der Waals surface area contributed by atoms with E-state index in [9.17, 15) is 14.0 Å². The Hall–Kier alpha value is -2.89. The third-order valence-corrected chi connectivity index (χ3v) is 5.09. The van der Waals surface area contributed by atoms with Crippen molar-refractivity contribution < 1.29 is 14.0 Å². The molecule has 0 atom stereocenters. The lowest BCUT2D eigenvalue weighted by atomic mass is 10.1. The minimum Gasteiger partial charge on any atom is -0.377 e. The van der Waals surface area contributed by atoms with Crippen LogP contribution in [0.4, 0.5) is 15.8 Å². The SMILES string of the molecule is CC(C)CN(Cc1cc(NC(=O)c2cccc(F)c2)ccc1N(C)C)C(=O)C1CC1. The normalized spacial score (nSPS) is 13.3. The van der Waals surface area contributed by atoms with Crippen molar-refractivity contribution >= 4 is 23.2 Å². The number of amides is 2. The number of carbonyl (C=O) groups excluding carboxylic acids is 2. The zero-order valence-corrected chi connectivity index (χ0v) is 18.1. The first-order valence-electron chi connectivity index (χ1n) is 10.4. The van der Waals surface area contributed by atoms with Crippen LogP contribution < -0.4 is 10.2 Å². The fraction of sp³-hybridized carbons (Fsp3) is 0.417. The van der Waals surface area contributed by atoms with E-state index in [-0.39, 0.29) is 23.3 Å². The summed E-state index contributed by atoms with van der Waals surface area (Å²) in [4.78, 5) is 29.3. The van der Waals surface area contributed by atoms with Crippen LogP contribution in [-0.2, 0) is 11.3 Å². The summed E-state index contributed by atoms with van der Waals surface area (Å²) in [5, 5.41) is 2.84. The Bertz CT molecular complexity index is 922. The number of benzene rings is 2. The monoisotopic (exact) mass is 411 g/mol. The molecule has 0 bridgehead atoms. The average Bonchev–Trinajstić information content (AvgIpc) is 3.51. The van der Waals surface area contributed by atoms with E-state index in [1.807, 2.05) is 42.1 Å². The van der Waals surface area contributed by atoms with Crippen molar-refractivity contribution in [2.24, 2.45) is 11.8 Å². The van der Waals surface area contributed by atoms with E-state index in [1.165, 1.54) is 18.2 Å². The molecule has 0 saturated heterocycles. The second kappa shape index (κ2) is 9.28. The molecule has 0 aliphatic heterocycles. The van der Waals surface area contributed by atoms with Gasteiger partial charge in [0.1, 0.15) is 5.82 Å². The van der Waals surface area contributed by atoms with Gasteiger partial charge in [0.05, 0.1) is 0 Å². The highest BCUT2D eigenvalue weighted by Crippen LogP contribution is 2.33. The summed E-state index contributed by atoms with van der Waals surface area (Å²) in [5.41, 5.74) is 2.84. The van der Waals surface area contributed by atoms with Gasteiger partial charge in [0, 0.05) is 50.0 Å². The van der Waals surface area contributed by atoms with Gasteiger partial charge < -0.3 is 15.1 Å². The number of carbonyl (C=O) groups is 2. The molecule has 0 heterocycles. The lowest BCUT2D eigenvalue weighted by Gasteiger charge is -2.27. The van der Waals surface area contributed by atoms with Gasteiger partial charge in [-0.05, 0) is 60.7 Å². The summed E-state index contributed by atoms with van der Waals surface area (Å²) in [6.07, 6.45) is 1.94. The van der Waals surface area contributed by atoms with Crippen LogP contribution in [0.3, 0.4) is 0 Å². The highest BCUT2D eigenvalue weighted by Gasteiger charge is 2.33. The van der Waals surface area contributed by atoms with Crippen LogP contribution in [0, 0.1) is 17.7 Å². The smallest absolute Gasteiger partial charge is 0.255 e. The van der Waals surface area contributed by atoms with Gasteiger partial charge in [-0.2, -0.15) is 0 Å². The van der Waals surface area contributed by atoms with E-state index in [2.05, 4.69) is 19.2 Å². The lowest BCUT2D eigenvalue weighted by Crippen LogP contribution is -2.35. The van der Waals surface area contributed by atoms with E-state index in [4.69, 9.17) is 0 Å². The van der Waals surface area contributed by atoms with Crippen molar-refractivity contribution in [1.82, 2.24) is 4.90 Å². The molecule has 2 aromatic carbocycles. The Balaban J connectivity index is 1.84. The van der Waals surface area contributed by atoms with Crippen molar-refractivity contribution in [1.29, 1.82) is 0 Å². The molecule has 3 rings (SSSR count). The topological polar surface area (TPSA) is 52.7 Å². The molecule has 2 amide bonds. The van der Waals surface area contributed by atoms with Gasteiger partial charge in [-0.15, -0.1) is 0 Å². The Morgan fingerprint density at radius 2 is 1.87 bits per heavy atom. The van der Waals surface area contributed by atoms with Crippen molar-refractivity contribution in [3.63, 3.8) is 0 Å². The van der Waals surface area contributed by atoms with E-state index >= 15 is 0 Å². The molecule has 30 heavy (non-hydrogen) atoms. The molecule has 0 spiro atoms. The maximum absolute atomic E-state index is 13.4. The quantitative estimate of drug-likeness (QED) is 0.694. The lowest BCUT2D eigenvalue weighted by molar-refractivity contribution is -0.133. The molecule has 0 radical (unpaired) electrons. The maximum atomic E-state index is 13.4. The molecule has 1 aliphatic carbocycles. The van der Waals surface area contributed by atoms with Gasteiger partial charge in [0.15, 0.2) is 0 Å². The first kappa shape index (κ1) is 21.8. The zero-order valence-electron chi connectivity index (χ0n) is 18.1. The molecule has 1 saturated carbocycles. The van der Waals surface area contributed by atoms with Crippen LogP contribution in [0.25, 0.3) is 0 Å². The standard InChI is InChI=1S/C24H30FN3O2/c1-16(2)14-28(24(30)17-8-9-17)15-19-13-21(10-11-22(19)27(3)4)26-23(29)18-6-5-7-20(25)12-18/h5-7,10-13,16-17H,8-9,14-15H2,1-4H3,(H,26,29). The summed E-state index contributed by atoms with van der Waals surface area (Å²) in [5.74, 6) is -0.0863. The van der Waals surface area contributed by atoms with Gasteiger partial charge in [0.2, 0.25) is 5.91 Å². The summed E-state index contributed by atoms with van der Waals surface area (Å²) in [6, 6.07) is 11.3. The Labute approximate surface area is 177 Å². The second-order valence-electron chi connectivity index (χ2n) is 8.59. The van der Waals surface area contributed by atoms with Crippen LogP contribution in [0.5, 0.6) is 0 Å². The van der Waals surface area contributed by atoms with Crippen molar-refractivity contribution in [2.75, 3.05) is 30.9 Å². The van der Waals surface area contributed by atoms with Gasteiger partial charge in [-0.3, -0.25) is 9.59 Å². The predicted molar refractivity (Wildman–Crippen MR) is 118 cm³/mol. The zero-order chi connectivity index (χ0) is 21.8. The number of anilines is 2. The number of hydrogen-bond acceptors (Lipinski definition) is 3. The number of halogens is 1. The van der Waals surface area contributed by atoms with E-state index in [0.717, 1.165) is 24.1 Å². The molecular formula is C24H30FN3O2. The second-order valence-corrected chi connectivity index (χ2v) is 8.59. The van der Waals surface area contributed by atoms with Gasteiger partial charge in [0.25, 0.3) is 5.91 Å². The van der Waals surface area contributed by atoms with Crippen molar-refractivity contribution in [3.8, 4) is 0 Å². The Morgan fingerprint density at radius 1 is 1.13 bits per heavy atom. The van der Waals surface area contributed by atoms with Gasteiger partial charge >= 0.3 is 0 Å². The molecule has 2 aromatic rings. The van der Waals surface area contributed by atoms with Gasteiger partial charge in [-0.1, -0.05) is 19.9 Å². The summed E-state index contributed by atoms with van der Waals surface area (Å²) < 4.78 is 13.4. The molecule has 0 aromatic heterocycles. The third kappa shape index (κ3) is 5.59. The molecule has 1 fully saturated rings. The minimum absolute atomic E-state index is 0.155. The van der Waals surface area contributed by atoms with E-state index < -0.39 is 5.82 Å². The Morgan fingerprint density at radius 3 is 2.47 bits per heavy atom. The molecule has 6 heteroatoms. The fourth-order valence-corrected chi connectivity index (χ4v) is 3.53. The van der Waals surface area contributed by atoms with Crippen LogP contribution in [0.1, 0.15) is 42.6 Å². The highest BCUT2D eigenvalue weighted by molar-refractivity contribution is 6.04. The van der Waals surface area contributed by atoms with Crippen LogP contribution in [0.15, 0.2) is 42.5 Å². The van der Waals surface area contributed by atoms with Crippen LogP contribution in [0.2, 0.25) is 0 Å². The predicted octanol–water partition coefficient (Wildman–Crippen LogP) is 4.54. The molecule has 160 valence electrons. The molecule has 1 N–H and O–H groups in total. The number of hydrogen-bond donors (Lipinski definition) is 1. The van der Waals surface area contributed by atoms with Crippen LogP contribution in [-0.4, -0.2) is 37.4 Å². The summed E-state index contributed by atoms with van der Waals surface area (Å²) in [7, 11) is 3.92. The van der Waals surface area contributed by atoms with Crippen molar-refractivity contribution in [2.45, 2.75) is 33.2 Å². The molecule has 1 aliphatic rings. The third-order valence-electron chi connectivity index (χ3n) is 5.09. The summed E-state index contributed by atoms with van der Waals surface area (Å²) in [6.45, 7) is 5.40. The van der Waals surface area contributed by atoms with Gasteiger partial charge in [-0.25, -0.2) is 4.39 Å². The van der Waals surface area contributed by atoms with Crippen LogP contribution >= 0.6 is 0 Å². The highest BCUT2D eigenvalue weighted by atomic mass is 19.1. The average molecular weight is 412 g/mol. The fourth-order valence-electron chi connectivity index (χ4n) is 3.53. The van der Waals surface area contributed by atoms with Crippen molar-refractivity contribution in [3.05, 3.63) is 59.4 Å². The Kier molecular flexibility index (Phi) is 6.75. The number of nitrogens with one attached hydrogen (secondary N) is 1. The molecular weight excluding hydrogens is 381 g/mol. The molecule has 0 unspecified atom stereocenters. The molecule has 5 nitrogen and oxygen atoms in total. The number of nitrogens with zero attached hydrogens (tertiary/aromatic N) is 2. The number of rotatable bonds is 8. The first-order valence-corrected chi connectivity index (χ1v) is 10.4. The minimum atomic E-state index is -0.450. The maximum Gasteiger partial charge on any atom is 0.255 e. The largest absolute Gasteiger partial charge is 0.377 e.